The summed E-state index contributed by atoms with van der Waals surface area (Å²) in [6.45, 7) is 13.2. The first-order chi connectivity index (χ1) is 8.30. The summed E-state index contributed by atoms with van der Waals surface area (Å²) in [6.07, 6.45) is 1.65. The first-order valence-electron chi connectivity index (χ1n) is 6.28. The number of aryl methyl sites for hydroxylation is 2. The molecule has 4 heteroatoms. The van der Waals surface area contributed by atoms with Gasteiger partial charge in [-0.3, -0.25) is 0 Å². The normalized spacial score (nSPS) is 13.9. The van der Waals surface area contributed by atoms with Crippen LogP contribution < -0.4 is 5.32 Å². The topological polar surface area (TPSA) is 37.8 Å². The molecule has 0 saturated carbocycles. The third-order valence-electron chi connectivity index (χ3n) is 3.62. The summed E-state index contributed by atoms with van der Waals surface area (Å²) in [5.41, 5.74) is 1.50. The van der Waals surface area contributed by atoms with Crippen LogP contribution in [-0.4, -0.2) is 16.0 Å². The van der Waals surface area contributed by atoms with Crippen LogP contribution in [0, 0.1) is 19.3 Å². The van der Waals surface area contributed by atoms with Gasteiger partial charge in [0.05, 0.1) is 5.39 Å². The van der Waals surface area contributed by atoms with E-state index >= 15 is 0 Å². The van der Waals surface area contributed by atoms with Crippen LogP contribution in [0.4, 0.5) is 5.82 Å². The van der Waals surface area contributed by atoms with E-state index in [1.165, 1.54) is 15.8 Å². The summed E-state index contributed by atoms with van der Waals surface area (Å²) in [7, 11) is 0. The minimum absolute atomic E-state index is 0.205. The van der Waals surface area contributed by atoms with Crippen LogP contribution in [0.3, 0.4) is 0 Å². The lowest BCUT2D eigenvalue weighted by Gasteiger charge is -2.28. The second-order valence-corrected chi connectivity index (χ2v) is 7.12. The molecule has 0 spiro atoms. The Morgan fingerprint density at radius 3 is 2.50 bits per heavy atom. The Morgan fingerprint density at radius 2 is 1.89 bits per heavy atom. The molecule has 2 aromatic heterocycles. The lowest BCUT2D eigenvalue weighted by Crippen LogP contribution is -2.31. The molecule has 0 radical (unpaired) electrons. The molecule has 98 valence electrons. The van der Waals surface area contributed by atoms with Crippen molar-refractivity contribution in [3.8, 4) is 0 Å². The van der Waals surface area contributed by atoms with E-state index in [1.54, 1.807) is 17.7 Å². The van der Waals surface area contributed by atoms with Gasteiger partial charge in [-0.15, -0.1) is 11.3 Å². The minimum atomic E-state index is 0.205. The Bertz CT molecular complexity index is 566. The van der Waals surface area contributed by atoms with Gasteiger partial charge in [0.2, 0.25) is 0 Å². The van der Waals surface area contributed by atoms with Crippen molar-refractivity contribution in [2.75, 3.05) is 5.32 Å². The maximum Gasteiger partial charge on any atom is 0.138 e. The summed E-state index contributed by atoms with van der Waals surface area (Å²) in [5.74, 6) is 0.962. The molecule has 18 heavy (non-hydrogen) atoms. The molecule has 1 unspecified atom stereocenters. The highest BCUT2D eigenvalue weighted by Crippen LogP contribution is 2.33. The zero-order chi connectivity index (χ0) is 13.5. The van der Waals surface area contributed by atoms with Gasteiger partial charge in [0.25, 0.3) is 0 Å². The highest BCUT2D eigenvalue weighted by atomic mass is 32.1. The molecule has 0 aliphatic carbocycles. The van der Waals surface area contributed by atoms with Gasteiger partial charge in [-0.2, -0.15) is 0 Å². The van der Waals surface area contributed by atoms with E-state index in [2.05, 4.69) is 56.8 Å². The fourth-order valence-electron chi connectivity index (χ4n) is 1.71. The molecule has 0 fully saturated rings. The molecule has 2 aromatic rings. The van der Waals surface area contributed by atoms with Crippen molar-refractivity contribution in [3.05, 3.63) is 16.8 Å². The highest BCUT2D eigenvalue weighted by Gasteiger charge is 2.21. The Labute approximate surface area is 113 Å². The molecule has 0 aliphatic heterocycles. The maximum absolute atomic E-state index is 4.42. The summed E-state index contributed by atoms with van der Waals surface area (Å²) in [5, 5.41) is 4.71. The van der Waals surface area contributed by atoms with Crippen molar-refractivity contribution in [2.45, 2.75) is 47.6 Å². The van der Waals surface area contributed by atoms with Gasteiger partial charge in [-0.1, -0.05) is 20.8 Å². The Kier molecular flexibility index (Phi) is 3.32. The lowest BCUT2D eigenvalue weighted by atomic mass is 9.88. The minimum Gasteiger partial charge on any atom is -0.366 e. The monoisotopic (exact) mass is 263 g/mol. The second-order valence-electron chi connectivity index (χ2n) is 5.92. The number of nitrogens with one attached hydrogen (secondary N) is 1. The van der Waals surface area contributed by atoms with E-state index in [4.69, 9.17) is 0 Å². The fraction of sp³-hybridized carbons (Fsp3) is 0.571. The Balaban J connectivity index is 2.45. The highest BCUT2D eigenvalue weighted by molar-refractivity contribution is 7.18. The summed E-state index contributed by atoms with van der Waals surface area (Å²) < 4.78 is 0. The van der Waals surface area contributed by atoms with E-state index < -0.39 is 0 Å². The number of thiophene rings is 1. The van der Waals surface area contributed by atoms with Crippen molar-refractivity contribution >= 4 is 27.4 Å². The van der Waals surface area contributed by atoms with E-state index in [1.807, 2.05) is 0 Å². The zero-order valence-corrected chi connectivity index (χ0v) is 12.8. The first-order valence-corrected chi connectivity index (χ1v) is 7.09. The summed E-state index contributed by atoms with van der Waals surface area (Å²) in [4.78, 5) is 11.2. The third-order valence-corrected chi connectivity index (χ3v) is 4.73. The van der Waals surface area contributed by atoms with Gasteiger partial charge in [-0.05, 0) is 31.7 Å². The van der Waals surface area contributed by atoms with Gasteiger partial charge in [0.1, 0.15) is 17.0 Å². The van der Waals surface area contributed by atoms with Crippen LogP contribution in [-0.2, 0) is 0 Å². The van der Waals surface area contributed by atoms with Crippen molar-refractivity contribution < 1.29 is 0 Å². The van der Waals surface area contributed by atoms with Crippen LogP contribution >= 0.6 is 11.3 Å². The third kappa shape index (κ3) is 2.34. The van der Waals surface area contributed by atoms with E-state index in [0.717, 1.165) is 10.6 Å². The molecule has 1 N–H and O–H groups in total. The van der Waals surface area contributed by atoms with Crippen LogP contribution in [0.1, 0.15) is 38.1 Å². The number of anilines is 1. The van der Waals surface area contributed by atoms with Gasteiger partial charge in [0, 0.05) is 10.9 Å². The van der Waals surface area contributed by atoms with Crippen LogP contribution in [0.15, 0.2) is 6.33 Å². The van der Waals surface area contributed by atoms with Gasteiger partial charge < -0.3 is 5.32 Å². The van der Waals surface area contributed by atoms with E-state index in [0.29, 0.717) is 6.04 Å². The molecule has 3 nitrogen and oxygen atoms in total. The van der Waals surface area contributed by atoms with Crippen LogP contribution in [0.2, 0.25) is 0 Å². The standard InChI is InChI=1S/C14H21N3S/c1-8-9(2)18-13-11(8)12(15-7-16-13)17-10(3)14(4,5)6/h7,10H,1-6H3,(H,15,16,17). The quantitative estimate of drug-likeness (QED) is 0.884. The predicted octanol–water partition coefficient (Wildman–Crippen LogP) is 4.15. The lowest BCUT2D eigenvalue weighted by molar-refractivity contribution is 0.359. The van der Waals surface area contributed by atoms with Gasteiger partial charge in [0.15, 0.2) is 0 Å². The van der Waals surface area contributed by atoms with Gasteiger partial charge >= 0.3 is 0 Å². The zero-order valence-electron chi connectivity index (χ0n) is 12.0. The number of nitrogens with zero attached hydrogens (tertiary/aromatic N) is 2. The number of rotatable bonds is 2. The van der Waals surface area contributed by atoms with Crippen molar-refractivity contribution in [3.63, 3.8) is 0 Å². The fourth-order valence-corrected chi connectivity index (χ4v) is 2.71. The van der Waals surface area contributed by atoms with Crippen LogP contribution in [0.5, 0.6) is 0 Å². The average Bonchev–Trinajstić information content (AvgIpc) is 2.54. The number of fused-ring (bicyclic) bond motifs is 1. The first kappa shape index (κ1) is 13.3. The van der Waals surface area contributed by atoms with E-state index in [-0.39, 0.29) is 5.41 Å². The Hall–Kier alpha value is -1.16. The molecular weight excluding hydrogens is 242 g/mol. The van der Waals surface area contributed by atoms with E-state index in [9.17, 15) is 0 Å². The molecular formula is C14H21N3S. The molecule has 0 amide bonds. The molecule has 0 bridgehead atoms. The molecule has 2 rings (SSSR count). The van der Waals surface area contributed by atoms with Gasteiger partial charge in [-0.25, -0.2) is 9.97 Å². The van der Waals surface area contributed by atoms with Crippen molar-refractivity contribution in [2.24, 2.45) is 5.41 Å². The molecule has 2 heterocycles. The maximum atomic E-state index is 4.42. The SMILES string of the molecule is Cc1sc2ncnc(NC(C)C(C)(C)C)c2c1C. The number of aromatic nitrogens is 2. The average molecular weight is 263 g/mol. The Morgan fingerprint density at radius 1 is 1.22 bits per heavy atom. The smallest absolute Gasteiger partial charge is 0.138 e. The summed E-state index contributed by atoms with van der Waals surface area (Å²) in [6, 6.07) is 0.357. The molecule has 0 aromatic carbocycles. The second kappa shape index (κ2) is 4.50. The molecule has 0 saturated heterocycles. The molecule has 1 atom stereocenters. The summed E-state index contributed by atoms with van der Waals surface area (Å²) >= 11 is 1.74. The number of hydrogen-bond donors (Lipinski definition) is 1. The predicted molar refractivity (Wildman–Crippen MR) is 79.4 cm³/mol. The molecule has 0 aliphatic rings. The number of hydrogen-bond acceptors (Lipinski definition) is 4. The van der Waals surface area contributed by atoms with Crippen LogP contribution in [0.25, 0.3) is 10.2 Å². The van der Waals surface area contributed by atoms with Crippen molar-refractivity contribution in [1.82, 2.24) is 9.97 Å². The largest absolute Gasteiger partial charge is 0.366 e. The van der Waals surface area contributed by atoms with Crippen molar-refractivity contribution in [1.29, 1.82) is 0 Å².